The predicted octanol–water partition coefficient (Wildman–Crippen LogP) is 3.43. The Morgan fingerprint density at radius 2 is 1.83 bits per heavy atom. The maximum absolute atomic E-state index is 13.3. The van der Waals surface area contributed by atoms with Gasteiger partial charge in [-0.3, -0.25) is 4.79 Å². The minimum absolute atomic E-state index is 0.0578. The number of ether oxygens (including phenoxy) is 1. The van der Waals surface area contributed by atoms with Gasteiger partial charge in [0.15, 0.2) is 12.3 Å². The molecule has 2 aromatic carbocycles. The van der Waals surface area contributed by atoms with E-state index in [0.29, 0.717) is 30.3 Å². The number of carbonyl (C=O) groups excluding carboxylic acids is 1. The lowest BCUT2D eigenvalue weighted by Crippen LogP contribution is -2.31. The van der Waals surface area contributed by atoms with Gasteiger partial charge in [0.25, 0.3) is 5.91 Å². The molecule has 2 heterocycles. The van der Waals surface area contributed by atoms with Crippen LogP contribution in [0.25, 0.3) is 22.6 Å². The van der Waals surface area contributed by atoms with Crippen molar-refractivity contribution >= 4 is 17.1 Å². The molecule has 0 radical (unpaired) electrons. The Bertz CT molecular complexity index is 1110. The number of nitrogens with zero attached hydrogens (tertiary/aromatic N) is 3. The van der Waals surface area contributed by atoms with Crippen LogP contribution >= 0.6 is 0 Å². The third-order valence-corrected chi connectivity index (χ3v) is 4.38. The summed E-state index contributed by atoms with van der Waals surface area (Å²) in [4.78, 5) is 21.1. The summed E-state index contributed by atoms with van der Waals surface area (Å²) in [5.74, 6) is 0.800. The second-order valence-electron chi connectivity index (χ2n) is 6.39. The van der Waals surface area contributed by atoms with E-state index in [1.165, 1.54) is 12.1 Å². The van der Waals surface area contributed by atoms with Gasteiger partial charge in [-0.25, -0.2) is 14.4 Å². The molecule has 2 aromatic heterocycles. The van der Waals surface area contributed by atoms with Crippen LogP contribution in [0.5, 0.6) is 5.75 Å². The maximum atomic E-state index is 13.3. The Morgan fingerprint density at radius 3 is 2.62 bits per heavy atom. The zero-order valence-corrected chi connectivity index (χ0v) is 15.6. The first kappa shape index (κ1) is 18.6. The monoisotopic (exact) mass is 390 g/mol. The van der Waals surface area contributed by atoms with E-state index in [2.05, 4.69) is 15.3 Å². The van der Waals surface area contributed by atoms with Crippen molar-refractivity contribution in [3.8, 4) is 17.1 Å². The van der Waals surface area contributed by atoms with Crippen LogP contribution in [0.3, 0.4) is 0 Å². The second-order valence-corrected chi connectivity index (χ2v) is 6.39. The van der Waals surface area contributed by atoms with E-state index < -0.39 is 0 Å². The van der Waals surface area contributed by atoms with Gasteiger partial charge in [-0.15, -0.1) is 0 Å². The number of para-hydroxylation sites is 1. The highest BCUT2D eigenvalue weighted by Gasteiger charge is 2.14. The van der Waals surface area contributed by atoms with Crippen LogP contribution in [0.2, 0.25) is 0 Å². The Balaban J connectivity index is 1.45. The molecule has 0 atom stereocenters. The predicted molar refractivity (Wildman–Crippen MR) is 108 cm³/mol. The maximum Gasteiger partial charge on any atom is 0.258 e. The molecule has 4 aromatic rings. The number of rotatable bonds is 7. The summed E-state index contributed by atoms with van der Waals surface area (Å²) in [6.45, 7) is 0.794. The Labute approximate surface area is 167 Å². The molecule has 0 aliphatic carbocycles. The molecule has 0 spiro atoms. The van der Waals surface area contributed by atoms with Gasteiger partial charge in [0.1, 0.15) is 22.9 Å². The number of hydrogen-bond donors (Lipinski definition) is 1. The van der Waals surface area contributed by atoms with E-state index >= 15 is 0 Å². The number of nitrogens with one attached hydrogen (secondary N) is 1. The number of halogens is 1. The Morgan fingerprint density at radius 1 is 1.03 bits per heavy atom. The molecule has 6 nitrogen and oxygen atoms in total. The zero-order chi connectivity index (χ0) is 20.1. The van der Waals surface area contributed by atoms with Crippen molar-refractivity contribution in [2.45, 2.75) is 6.54 Å². The van der Waals surface area contributed by atoms with Crippen molar-refractivity contribution in [2.75, 3.05) is 13.2 Å². The third kappa shape index (κ3) is 4.40. The van der Waals surface area contributed by atoms with E-state index in [-0.39, 0.29) is 18.3 Å². The normalized spacial score (nSPS) is 10.8. The van der Waals surface area contributed by atoms with E-state index in [1.807, 2.05) is 34.9 Å². The molecule has 146 valence electrons. The lowest BCUT2D eigenvalue weighted by Gasteiger charge is -2.11. The van der Waals surface area contributed by atoms with Crippen molar-refractivity contribution in [3.63, 3.8) is 0 Å². The van der Waals surface area contributed by atoms with Gasteiger partial charge in [0.05, 0.1) is 0 Å². The number of carbonyl (C=O) groups is 1. The molecule has 0 saturated heterocycles. The first-order valence-electron chi connectivity index (χ1n) is 9.22. The fraction of sp³-hybridized carbons (Fsp3) is 0.136. The smallest absolute Gasteiger partial charge is 0.258 e. The summed E-state index contributed by atoms with van der Waals surface area (Å²) in [6.07, 6.45) is 1.70. The number of benzene rings is 2. The number of aromatic nitrogens is 3. The van der Waals surface area contributed by atoms with Crippen molar-refractivity contribution in [2.24, 2.45) is 0 Å². The summed E-state index contributed by atoms with van der Waals surface area (Å²) in [7, 11) is 0. The fourth-order valence-corrected chi connectivity index (χ4v) is 3.01. The summed E-state index contributed by atoms with van der Waals surface area (Å²) < 4.78 is 20.7. The van der Waals surface area contributed by atoms with Crippen LogP contribution in [0.4, 0.5) is 4.39 Å². The summed E-state index contributed by atoms with van der Waals surface area (Å²) in [5.41, 5.74) is 2.23. The average molecular weight is 390 g/mol. The molecule has 0 saturated carbocycles. The fourth-order valence-electron chi connectivity index (χ4n) is 3.01. The van der Waals surface area contributed by atoms with Gasteiger partial charge >= 0.3 is 0 Å². The van der Waals surface area contributed by atoms with Crippen LogP contribution in [0.15, 0.2) is 72.9 Å². The van der Waals surface area contributed by atoms with Gasteiger partial charge in [-0.2, -0.15) is 0 Å². The van der Waals surface area contributed by atoms with Gasteiger partial charge in [0.2, 0.25) is 0 Å². The van der Waals surface area contributed by atoms with Gasteiger partial charge < -0.3 is 14.6 Å². The van der Waals surface area contributed by atoms with Crippen LogP contribution in [0, 0.1) is 5.82 Å². The molecular formula is C22H19FN4O2. The van der Waals surface area contributed by atoms with Crippen molar-refractivity contribution in [1.29, 1.82) is 0 Å². The van der Waals surface area contributed by atoms with Crippen LogP contribution in [-0.4, -0.2) is 33.6 Å². The molecule has 7 heteroatoms. The standard InChI is InChI=1S/C22H19FN4O2/c23-17-10-8-16(9-11-17)21-26-19-7-4-12-25-22(19)27(21)14-13-24-20(28)15-29-18-5-2-1-3-6-18/h1-12H,13-15H2,(H,24,28). The van der Waals surface area contributed by atoms with Crippen molar-refractivity contribution in [1.82, 2.24) is 19.9 Å². The Kier molecular flexibility index (Phi) is 5.47. The largest absolute Gasteiger partial charge is 0.484 e. The van der Waals surface area contributed by atoms with E-state index in [1.54, 1.807) is 30.5 Å². The third-order valence-electron chi connectivity index (χ3n) is 4.38. The molecule has 0 fully saturated rings. The first-order chi connectivity index (χ1) is 14.2. The highest BCUT2D eigenvalue weighted by atomic mass is 19.1. The van der Waals surface area contributed by atoms with Crippen LogP contribution in [-0.2, 0) is 11.3 Å². The lowest BCUT2D eigenvalue weighted by atomic mass is 10.2. The van der Waals surface area contributed by atoms with Gasteiger partial charge in [-0.05, 0) is 48.5 Å². The number of pyridine rings is 1. The minimum Gasteiger partial charge on any atom is -0.484 e. The highest BCUT2D eigenvalue weighted by molar-refractivity contribution is 5.78. The first-order valence-corrected chi connectivity index (χ1v) is 9.22. The molecule has 4 rings (SSSR count). The molecule has 1 amide bonds. The second kappa shape index (κ2) is 8.52. The number of fused-ring (bicyclic) bond motifs is 1. The summed E-state index contributed by atoms with van der Waals surface area (Å²) in [6, 6.07) is 19.0. The topological polar surface area (TPSA) is 69.0 Å². The number of hydrogen-bond acceptors (Lipinski definition) is 4. The minimum atomic E-state index is -0.305. The SMILES string of the molecule is O=C(COc1ccccc1)NCCn1c(-c2ccc(F)cc2)nc2cccnc21. The van der Waals surface area contributed by atoms with Crippen molar-refractivity contribution < 1.29 is 13.9 Å². The molecule has 0 aliphatic heterocycles. The van der Waals surface area contributed by atoms with Gasteiger partial charge in [0, 0.05) is 24.8 Å². The number of amides is 1. The molecular weight excluding hydrogens is 371 g/mol. The van der Waals surface area contributed by atoms with Crippen molar-refractivity contribution in [3.05, 3.63) is 78.7 Å². The van der Waals surface area contributed by atoms with E-state index in [9.17, 15) is 9.18 Å². The quantitative estimate of drug-likeness (QED) is 0.525. The van der Waals surface area contributed by atoms with Gasteiger partial charge in [-0.1, -0.05) is 18.2 Å². The Hall–Kier alpha value is -3.74. The zero-order valence-electron chi connectivity index (χ0n) is 15.6. The van der Waals surface area contributed by atoms with Crippen LogP contribution < -0.4 is 10.1 Å². The summed E-state index contributed by atoms with van der Waals surface area (Å²) in [5, 5.41) is 2.84. The molecule has 1 N–H and O–H groups in total. The molecule has 0 aliphatic rings. The molecule has 0 unspecified atom stereocenters. The summed E-state index contributed by atoms with van der Waals surface area (Å²) >= 11 is 0. The van der Waals surface area contributed by atoms with Crippen LogP contribution in [0.1, 0.15) is 0 Å². The molecule has 29 heavy (non-hydrogen) atoms. The lowest BCUT2D eigenvalue weighted by molar-refractivity contribution is -0.123. The number of imidazole rings is 1. The van der Waals surface area contributed by atoms with E-state index in [0.717, 1.165) is 11.1 Å². The highest BCUT2D eigenvalue weighted by Crippen LogP contribution is 2.23. The average Bonchev–Trinajstić information content (AvgIpc) is 3.12. The molecule has 0 bridgehead atoms. The van der Waals surface area contributed by atoms with E-state index in [4.69, 9.17) is 4.74 Å².